The highest BCUT2D eigenvalue weighted by Gasteiger charge is 2.03. The van der Waals surface area contributed by atoms with Gasteiger partial charge in [-0.3, -0.25) is 4.79 Å². The van der Waals surface area contributed by atoms with E-state index < -0.39 is 5.91 Å². The second kappa shape index (κ2) is 9.48. The Labute approximate surface area is 166 Å². The molecule has 2 heterocycles. The Balaban J connectivity index is 1.36. The largest absolute Gasteiger partial charge is 0.361 e. The third-order valence-electron chi connectivity index (χ3n) is 3.85. The van der Waals surface area contributed by atoms with Crippen LogP contribution in [-0.2, 0) is 11.3 Å². The normalized spacial score (nSPS) is 10.0. The monoisotopic (exact) mass is 395 g/mol. The first kappa shape index (κ1) is 19.3. The third-order valence-corrected chi connectivity index (χ3v) is 4.14. The highest BCUT2D eigenvalue weighted by Crippen LogP contribution is 2.14. The van der Waals surface area contributed by atoms with Crippen molar-refractivity contribution in [3.8, 4) is 11.8 Å². The first-order valence-corrected chi connectivity index (χ1v) is 9.01. The number of nitrogens with zero attached hydrogens (tertiary/aromatic N) is 1. The summed E-state index contributed by atoms with van der Waals surface area (Å²) >= 11 is 5.24. The lowest BCUT2D eigenvalue weighted by molar-refractivity contribution is -0.115. The zero-order chi connectivity index (χ0) is 19.8. The van der Waals surface area contributed by atoms with Gasteiger partial charge in [-0.2, -0.15) is 0 Å². The van der Waals surface area contributed by atoms with Gasteiger partial charge in [0, 0.05) is 48.9 Å². The van der Waals surface area contributed by atoms with Gasteiger partial charge in [-0.05, 0) is 54.2 Å². The van der Waals surface area contributed by atoms with Crippen molar-refractivity contribution in [2.45, 2.75) is 6.54 Å². The second-order valence-corrected chi connectivity index (χ2v) is 6.24. The molecule has 8 heteroatoms. The predicted molar refractivity (Wildman–Crippen MR) is 110 cm³/mol. The quantitative estimate of drug-likeness (QED) is 0.301. The summed E-state index contributed by atoms with van der Waals surface area (Å²) in [6.45, 7) is 1.40. The van der Waals surface area contributed by atoms with Gasteiger partial charge in [0.05, 0.1) is 0 Å². The number of nitrogens with one attached hydrogen (secondary N) is 4. The maximum atomic E-state index is 12.8. The van der Waals surface area contributed by atoms with Crippen molar-refractivity contribution >= 4 is 34.3 Å². The number of H-pyrrole nitrogens is 1. The SMILES string of the molecule is O=C(C#Cc1ccc(F)cc1)NCCNC(=S)NCc1ccnc2[nH]ccc12. The van der Waals surface area contributed by atoms with Crippen molar-refractivity contribution in [2.75, 3.05) is 13.1 Å². The van der Waals surface area contributed by atoms with Crippen molar-refractivity contribution < 1.29 is 9.18 Å². The summed E-state index contributed by atoms with van der Waals surface area (Å²) in [6.07, 6.45) is 3.59. The van der Waals surface area contributed by atoms with Crippen molar-refractivity contribution in [3.63, 3.8) is 0 Å². The fourth-order valence-electron chi connectivity index (χ4n) is 2.47. The minimum Gasteiger partial charge on any atom is -0.361 e. The molecule has 142 valence electrons. The fraction of sp³-hybridized carbons (Fsp3) is 0.150. The Kier molecular flexibility index (Phi) is 6.54. The van der Waals surface area contributed by atoms with E-state index in [9.17, 15) is 9.18 Å². The van der Waals surface area contributed by atoms with Crippen molar-refractivity contribution in [2.24, 2.45) is 0 Å². The van der Waals surface area contributed by atoms with E-state index in [-0.39, 0.29) is 5.82 Å². The minimum atomic E-state index is -0.406. The molecule has 4 N–H and O–H groups in total. The lowest BCUT2D eigenvalue weighted by Gasteiger charge is -2.11. The van der Waals surface area contributed by atoms with Gasteiger partial charge in [-0.1, -0.05) is 5.92 Å². The highest BCUT2D eigenvalue weighted by molar-refractivity contribution is 7.80. The van der Waals surface area contributed by atoms with Gasteiger partial charge in [0.1, 0.15) is 11.5 Å². The molecule has 0 radical (unpaired) electrons. The average molecular weight is 395 g/mol. The van der Waals surface area contributed by atoms with Gasteiger partial charge in [0.15, 0.2) is 5.11 Å². The summed E-state index contributed by atoms with van der Waals surface area (Å²) in [5.41, 5.74) is 2.50. The summed E-state index contributed by atoms with van der Waals surface area (Å²) in [5, 5.41) is 10.4. The van der Waals surface area contributed by atoms with E-state index in [0.717, 1.165) is 16.6 Å². The second-order valence-electron chi connectivity index (χ2n) is 5.83. The Morgan fingerprint density at radius 3 is 2.71 bits per heavy atom. The smallest absolute Gasteiger partial charge is 0.296 e. The van der Waals surface area contributed by atoms with E-state index in [4.69, 9.17) is 12.2 Å². The van der Waals surface area contributed by atoms with Crippen molar-refractivity contribution in [3.05, 3.63) is 65.7 Å². The van der Waals surface area contributed by atoms with Crippen LogP contribution in [-0.4, -0.2) is 34.1 Å². The molecule has 0 saturated heterocycles. The van der Waals surface area contributed by atoms with Gasteiger partial charge in [-0.15, -0.1) is 0 Å². The van der Waals surface area contributed by atoms with E-state index in [0.29, 0.717) is 30.3 Å². The molecule has 1 aromatic carbocycles. The van der Waals surface area contributed by atoms with Crippen LogP contribution in [0.4, 0.5) is 4.39 Å². The molecule has 0 unspecified atom stereocenters. The van der Waals surface area contributed by atoms with Gasteiger partial charge in [0.25, 0.3) is 5.91 Å². The first-order valence-electron chi connectivity index (χ1n) is 8.60. The van der Waals surface area contributed by atoms with Crippen LogP contribution in [0.1, 0.15) is 11.1 Å². The Morgan fingerprint density at radius 2 is 1.89 bits per heavy atom. The standard InChI is InChI=1S/C20H18FN5OS/c21-16-4-1-14(2-5-16)3-6-18(27)22-11-12-25-20(28)26-13-15-7-9-23-19-17(15)8-10-24-19/h1-2,4-5,7-10H,11-13H2,(H,22,27)(H,23,24)(H2,25,26,28). The molecule has 0 saturated carbocycles. The molecule has 28 heavy (non-hydrogen) atoms. The number of pyridine rings is 1. The molecule has 0 bridgehead atoms. The molecule has 6 nitrogen and oxygen atoms in total. The topological polar surface area (TPSA) is 81.8 Å². The highest BCUT2D eigenvalue weighted by atomic mass is 32.1. The number of aromatic amines is 1. The van der Waals surface area contributed by atoms with E-state index in [1.54, 1.807) is 6.20 Å². The van der Waals surface area contributed by atoms with Crippen molar-refractivity contribution in [1.82, 2.24) is 25.9 Å². The maximum absolute atomic E-state index is 12.8. The third kappa shape index (κ3) is 5.53. The van der Waals surface area contributed by atoms with Crippen LogP contribution in [0, 0.1) is 17.7 Å². The predicted octanol–water partition coefficient (Wildman–Crippen LogP) is 1.83. The molecule has 0 aliphatic carbocycles. The first-order chi connectivity index (χ1) is 13.6. The molecular formula is C20H18FN5OS. The fourth-order valence-corrected chi connectivity index (χ4v) is 2.64. The molecule has 3 rings (SSSR count). The summed E-state index contributed by atoms with van der Waals surface area (Å²) < 4.78 is 12.8. The number of carbonyl (C=O) groups excluding carboxylic acids is 1. The number of hydrogen-bond acceptors (Lipinski definition) is 3. The summed E-state index contributed by atoms with van der Waals surface area (Å²) in [6, 6.07) is 9.54. The minimum absolute atomic E-state index is 0.341. The summed E-state index contributed by atoms with van der Waals surface area (Å²) in [4.78, 5) is 19.0. The van der Waals surface area contributed by atoms with Crippen LogP contribution < -0.4 is 16.0 Å². The van der Waals surface area contributed by atoms with E-state index in [1.807, 2.05) is 18.3 Å². The Morgan fingerprint density at radius 1 is 1.11 bits per heavy atom. The molecular weight excluding hydrogens is 377 g/mol. The number of carbonyl (C=O) groups is 1. The van der Waals surface area contributed by atoms with Crippen LogP contribution in [0.15, 0.2) is 48.8 Å². The lowest BCUT2D eigenvalue weighted by atomic mass is 10.2. The number of fused-ring (bicyclic) bond motifs is 1. The molecule has 1 amide bonds. The van der Waals surface area contributed by atoms with Crippen molar-refractivity contribution in [1.29, 1.82) is 0 Å². The van der Waals surface area contributed by atoms with Gasteiger partial charge < -0.3 is 20.9 Å². The molecule has 3 aromatic rings. The van der Waals surface area contributed by atoms with Crippen LogP contribution in [0.5, 0.6) is 0 Å². The molecule has 0 aliphatic rings. The number of thiocarbonyl (C=S) groups is 1. The van der Waals surface area contributed by atoms with E-state index in [2.05, 4.69) is 37.8 Å². The zero-order valence-electron chi connectivity index (χ0n) is 14.9. The average Bonchev–Trinajstić information content (AvgIpc) is 3.18. The van der Waals surface area contributed by atoms with Gasteiger partial charge in [-0.25, -0.2) is 9.37 Å². The van der Waals surface area contributed by atoms with E-state index in [1.165, 1.54) is 24.3 Å². The number of benzene rings is 1. The summed E-state index contributed by atoms with van der Waals surface area (Å²) in [5.74, 6) is 4.39. The Bertz CT molecular complexity index is 1040. The van der Waals surface area contributed by atoms with Gasteiger partial charge >= 0.3 is 0 Å². The number of rotatable bonds is 5. The lowest BCUT2D eigenvalue weighted by Crippen LogP contribution is -2.39. The number of aromatic nitrogens is 2. The van der Waals surface area contributed by atoms with E-state index >= 15 is 0 Å². The number of amides is 1. The number of halogens is 1. The zero-order valence-corrected chi connectivity index (χ0v) is 15.7. The Hall–Kier alpha value is -3.44. The summed E-state index contributed by atoms with van der Waals surface area (Å²) in [7, 11) is 0. The van der Waals surface area contributed by atoms with Gasteiger partial charge in [0.2, 0.25) is 0 Å². The van der Waals surface area contributed by atoms with Crippen LogP contribution >= 0.6 is 12.2 Å². The maximum Gasteiger partial charge on any atom is 0.296 e. The number of hydrogen-bond donors (Lipinski definition) is 4. The van der Waals surface area contributed by atoms with Crippen LogP contribution in [0.3, 0.4) is 0 Å². The van der Waals surface area contributed by atoms with Crippen LogP contribution in [0.25, 0.3) is 11.0 Å². The van der Waals surface area contributed by atoms with Crippen LogP contribution in [0.2, 0.25) is 0 Å². The molecule has 0 fully saturated rings. The molecule has 0 atom stereocenters. The molecule has 0 aliphatic heterocycles. The molecule has 2 aromatic heterocycles. The molecule has 0 spiro atoms.